The second-order valence-electron chi connectivity index (χ2n) is 5.98. The van der Waals surface area contributed by atoms with Crippen LogP contribution in [0.2, 0.25) is 0 Å². The van der Waals surface area contributed by atoms with Crippen molar-refractivity contribution in [2.24, 2.45) is 0 Å². The minimum Gasteiger partial charge on any atom is -0.465 e. The number of aromatic amines is 1. The van der Waals surface area contributed by atoms with Crippen LogP contribution in [0, 0.1) is 0 Å². The minimum atomic E-state index is -0.340. The lowest BCUT2D eigenvalue weighted by Crippen LogP contribution is -2.00. The molecule has 0 atom stereocenters. The molecular weight excluding hydrogens is 288 g/mol. The van der Waals surface area contributed by atoms with Crippen LogP contribution in [0.4, 0.5) is 0 Å². The Balaban J connectivity index is 1.84. The molecule has 0 amide bonds. The summed E-state index contributed by atoms with van der Waals surface area (Å²) in [6.07, 6.45) is 0.737. The van der Waals surface area contributed by atoms with E-state index < -0.39 is 0 Å². The molecule has 1 aromatic heterocycles. The van der Waals surface area contributed by atoms with E-state index in [1.807, 2.05) is 6.07 Å². The van der Waals surface area contributed by atoms with Gasteiger partial charge in [0, 0.05) is 6.42 Å². The molecule has 0 fully saturated rings. The molecule has 3 aromatic rings. The maximum absolute atomic E-state index is 11.6. The highest BCUT2D eigenvalue weighted by atomic mass is 16.5. The number of fused-ring (bicyclic) bond motifs is 1. The lowest BCUT2D eigenvalue weighted by atomic mass is 10.0. The van der Waals surface area contributed by atoms with Gasteiger partial charge in [-0.3, -0.25) is 0 Å². The number of H-pyrrole nitrogens is 1. The van der Waals surface area contributed by atoms with E-state index in [-0.39, 0.29) is 5.97 Å². The summed E-state index contributed by atoms with van der Waals surface area (Å²) in [7, 11) is 1.38. The average Bonchev–Trinajstić information content (AvgIpc) is 2.95. The number of benzene rings is 2. The number of carbonyl (C=O) groups is 1. The Morgan fingerprint density at radius 1 is 1.17 bits per heavy atom. The van der Waals surface area contributed by atoms with Crippen molar-refractivity contribution in [3.05, 3.63) is 65.0 Å². The third-order valence-corrected chi connectivity index (χ3v) is 3.97. The lowest BCUT2D eigenvalue weighted by molar-refractivity contribution is 0.0601. The van der Waals surface area contributed by atoms with Gasteiger partial charge in [0.05, 0.1) is 23.7 Å². The van der Waals surface area contributed by atoms with Crippen LogP contribution in [0.25, 0.3) is 11.0 Å². The highest BCUT2D eigenvalue weighted by Crippen LogP contribution is 2.18. The van der Waals surface area contributed by atoms with Crippen molar-refractivity contribution < 1.29 is 9.53 Å². The molecule has 0 unspecified atom stereocenters. The zero-order chi connectivity index (χ0) is 16.4. The first-order chi connectivity index (χ1) is 11.1. The van der Waals surface area contributed by atoms with E-state index in [4.69, 9.17) is 4.74 Å². The molecule has 0 bridgehead atoms. The smallest absolute Gasteiger partial charge is 0.337 e. The van der Waals surface area contributed by atoms with E-state index in [9.17, 15) is 4.79 Å². The summed E-state index contributed by atoms with van der Waals surface area (Å²) in [5.41, 5.74) is 4.77. The summed E-state index contributed by atoms with van der Waals surface area (Å²) in [6, 6.07) is 14.0. The fraction of sp³-hybridized carbons (Fsp3) is 0.263. The van der Waals surface area contributed by atoms with E-state index in [1.54, 1.807) is 12.1 Å². The topological polar surface area (TPSA) is 55.0 Å². The summed E-state index contributed by atoms with van der Waals surface area (Å²) < 4.78 is 4.74. The predicted octanol–water partition coefficient (Wildman–Crippen LogP) is 4.06. The lowest BCUT2D eigenvalue weighted by Gasteiger charge is -2.05. The number of rotatable bonds is 4. The second kappa shape index (κ2) is 6.24. The fourth-order valence-electron chi connectivity index (χ4n) is 2.60. The first kappa shape index (κ1) is 15.3. The molecule has 0 saturated heterocycles. The maximum atomic E-state index is 11.6. The Bertz CT molecular complexity index is 832. The first-order valence-electron chi connectivity index (χ1n) is 7.72. The van der Waals surface area contributed by atoms with Gasteiger partial charge in [-0.2, -0.15) is 0 Å². The molecule has 3 rings (SSSR count). The number of ether oxygens (including phenoxy) is 1. The SMILES string of the molecule is COC(=O)c1ccc2nc(Cc3ccc(C(C)C)cc3)[nH]c2c1. The summed E-state index contributed by atoms with van der Waals surface area (Å²) in [5.74, 6) is 1.08. The van der Waals surface area contributed by atoms with Gasteiger partial charge in [-0.15, -0.1) is 0 Å². The van der Waals surface area contributed by atoms with Gasteiger partial charge < -0.3 is 9.72 Å². The molecule has 0 radical (unpaired) electrons. The molecule has 2 aromatic carbocycles. The van der Waals surface area contributed by atoms with Gasteiger partial charge in [-0.25, -0.2) is 9.78 Å². The standard InChI is InChI=1S/C19H20N2O2/c1-12(2)14-6-4-13(5-7-14)10-18-20-16-9-8-15(19(22)23-3)11-17(16)21-18/h4-9,11-12H,10H2,1-3H3,(H,20,21). The third-order valence-electron chi connectivity index (χ3n) is 3.97. The largest absolute Gasteiger partial charge is 0.465 e. The number of aromatic nitrogens is 2. The number of nitrogens with zero attached hydrogens (tertiary/aromatic N) is 1. The highest BCUT2D eigenvalue weighted by molar-refractivity contribution is 5.93. The summed E-state index contributed by atoms with van der Waals surface area (Å²) in [4.78, 5) is 19.5. The molecule has 0 saturated carbocycles. The Hall–Kier alpha value is -2.62. The minimum absolute atomic E-state index is 0.340. The quantitative estimate of drug-likeness (QED) is 0.739. The van der Waals surface area contributed by atoms with Gasteiger partial charge in [0.2, 0.25) is 0 Å². The summed E-state index contributed by atoms with van der Waals surface area (Å²) in [6.45, 7) is 4.38. The first-order valence-corrected chi connectivity index (χ1v) is 7.72. The van der Waals surface area contributed by atoms with E-state index in [0.29, 0.717) is 11.5 Å². The second-order valence-corrected chi connectivity index (χ2v) is 5.98. The Kier molecular flexibility index (Phi) is 4.15. The molecule has 1 N–H and O–H groups in total. The van der Waals surface area contributed by atoms with Crippen molar-refractivity contribution in [2.45, 2.75) is 26.2 Å². The van der Waals surface area contributed by atoms with Crippen molar-refractivity contribution >= 4 is 17.0 Å². The average molecular weight is 308 g/mol. The number of hydrogen-bond donors (Lipinski definition) is 1. The number of nitrogens with one attached hydrogen (secondary N) is 1. The fourth-order valence-corrected chi connectivity index (χ4v) is 2.60. The van der Waals surface area contributed by atoms with Crippen LogP contribution in [0.1, 0.15) is 47.1 Å². The zero-order valence-corrected chi connectivity index (χ0v) is 13.6. The molecule has 1 heterocycles. The predicted molar refractivity (Wildman–Crippen MR) is 90.8 cm³/mol. The van der Waals surface area contributed by atoms with E-state index in [0.717, 1.165) is 23.3 Å². The van der Waals surface area contributed by atoms with E-state index in [2.05, 4.69) is 48.1 Å². The van der Waals surface area contributed by atoms with Gasteiger partial charge in [0.25, 0.3) is 0 Å². The Morgan fingerprint density at radius 3 is 2.57 bits per heavy atom. The van der Waals surface area contributed by atoms with Crippen LogP contribution in [0.3, 0.4) is 0 Å². The van der Waals surface area contributed by atoms with Crippen molar-refractivity contribution in [1.82, 2.24) is 9.97 Å². The summed E-state index contributed by atoms with van der Waals surface area (Å²) in [5, 5.41) is 0. The number of methoxy groups -OCH3 is 1. The van der Waals surface area contributed by atoms with Gasteiger partial charge in [-0.05, 0) is 35.2 Å². The Labute approximate surface area is 135 Å². The molecule has 0 spiro atoms. The molecule has 0 aliphatic carbocycles. The molecule has 0 aliphatic rings. The molecule has 23 heavy (non-hydrogen) atoms. The van der Waals surface area contributed by atoms with E-state index in [1.165, 1.54) is 18.2 Å². The molecule has 4 nitrogen and oxygen atoms in total. The Morgan fingerprint density at radius 2 is 1.91 bits per heavy atom. The number of carbonyl (C=O) groups excluding carboxylic acids is 1. The molecule has 118 valence electrons. The van der Waals surface area contributed by atoms with Gasteiger partial charge in [0.15, 0.2) is 0 Å². The number of esters is 1. The van der Waals surface area contributed by atoms with Crippen LogP contribution >= 0.6 is 0 Å². The molecule has 4 heteroatoms. The van der Waals surface area contributed by atoms with Gasteiger partial charge in [-0.1, -0.05) is 38.1 Å². The summed E-state index contributed by atoms with van der Waals surface area (Å²) >= 11 is 0. The number of imidazole rings is 1. The van der Waals surface area contributed by atoms with Crippen LogP contribution < -0.4 is 0 Å². The van der Waals surface area contributed by atoms with Crippen molar-refractivity contribution in [2.75, 3.05) is 7.11 Å². The maximum Gasteiger partial charge on any atom is 0.337 e. The van der Waals surface area contributed by atoms with Crippen LogP contribution in [0.15, 0.2) is 42.5 Å². The van der Waals surface area contributed by atoms with Gasteiger partial charge in [0.1, 0.15) is 5.82 Å². The van der Waals surface area contributed by atoms with Crippen molar-refractivity contribution in [3.63, 3.8) is 0 Å². The highest BCUT2D eigenvalue weighted by Gasteiger charge is 2.09. The number of hydrogen-bond acceptors (Lipinski definition) is 3. The van der Waals surface area contributed by atoms with Crippen LogP contribution in [-0.2, 0) is 11.2 Å². The molecular formula is C19H20N2O2. The zero-order valence-electron chi connectivity index (χ0n) is 13.6. The van der Waals surface area contributed by atoms with E-state index >= 15 is 0 Å². The van der Waals surface area contributed by atoms with Crippen LogP contribution in [0.5, 0.6) is 0 Å². The van der Waals surface area contributed by atoms with Crippen molar-refractivity contribution in [1.29, 1.82) is 0 Å². The third kappa shape index (κ3) is 3.26. The molecule has 0 aliphatic heterocycles. The normalized spacial score (nSPS) is 11.1. The van der Waals surface area contributed by atoms with Crippen molar-refractivity contribution in [3.8, 4) is 0 Å². The van der Waals surface area contributed by atoms with Gasteiger partial charge >= 0.3 is 5.97 Å². The van der Waals surface area contributed by atoms with Crippen LogP contribution in [-0.4, -0.2) is 23.0 Å². The monoisotopic (exact) mass is 308 g/mol.